The Hall–Kier alpha value is -0.570. The first-order chi connectivity index (χ1) is 4.81. The van der Waals surface area contributed by atoms with Crippen LogP contribution in [0.2, 0.25) is 0 Å². The topological polar surface area (TPSA) is 52.3 Å². The Balaban J connectivity index is 2.96. The molecule has 1 radical (unpaired) electrons. The summed E-state index contributed by atoms with van der Waals surface area (Å²) >= 11 is 0. The van der Waals surface area contributed by atoms with Gasteiger partial charge in [0.05, 0.1) is 13.5 Å². The maximum atomic E-state index is 10.5. The number of carbonyl (C=O) groups excluding carboxylic acids is 1. The van der Waals surface area contributed by atoms with Gasteiger partial charge in [0.1, 0.15) is 0 Å². The summed E-state index contributed by atoms with van der Waals surface area (Å²) in [5, 5.41) is 0. The molecule has 3 nitrogen and oxygen atoms in total. The van der Waals surface area contributed by atoms with Gasteiger partial charge in [-0.2, -0.15) is 0 Å². The molecule has 0 bridgehead atoms. The van der Waals surface area contributed by atoms with Gasteiger partial charge in [0.2, 0.25) is 0 Å². The second-order valence-corrected chi connectivity index (χ2v) is 2.01. The first kappa shape index (κ1) is 9.43. The molecule has 0 aliphatic carbocycles. The third-order valence-corrected chi connectivity index (χ3v) is 1.17. The van der Waals surface area contributed by atoms with E-state index in [0.717, 1.165) is 19.3 Å². The van der Waals surface area contributed by atoms with Gasteiger partial charge in [-0.3, -0.25) is 4.79 Å². The molecule has 0 aliphatic heterocycles. The highest BCUT2D eigenvalue weighted by Gasteiger charge is 1.98. The van der Waals surface area contributed by atoms with E-state index >= 15 is 0 Å². The van der Waals surface area contributed by atoms with Gasteiger partial charge in [-0.25, -0.2) is 0 Å². The Morgan fingerprint density at radius 2 is 2.30 bits per heavy atom. The van der Waals surface area contributed by atoms with Crippen molar-refractivity contribution >= 4 is 5.97 Å². The minimum atomic E-state index is -0.253. The molecule has 3 heteroatoms. The van der Waals surface area contributed by atoms with Gasteiger partial charge in [-0.15, -0.1) is 0 Å². The van der Waals surface area contributed by atoms with Crippen LogP contribution in [0.4, 0.5) is 0 Å². The van der Waals surface area contributed by atoms with Crippen molar-refractivity contribution in [2.75, 3.05) is 13.7 Å². The van der Waals surface area contributed by atoms with Gasteiger partial charge in [0.15, 0.2) is 0 Å². The molecular formula is C7H14NO2. The molecule has 0 aromatic carbocycles. The van der Waals surface area contributed by atoms with Crippen molar-refractivity contribution in [3.05, 3.63) is 6.42 Å². The van der Waals surface area contributed by atoms with Crippen LogP contribution in [0.5, 0.6) is 0 Å². The number of methoxy groups -OCH3 is 1. The van der Waals surface area contributed by atoms with E-state index in [0.29, 0.717) is 6.54 Å². The average molecular weight is 144 g/mol. The van der Waals surface area contributed by atoms with E-state index in [1.807, 2.05) is 0 Å². The predicted molar refractivity (Wildman–Crippen MR) is 39.2 cm³/mol. The Kier molecular flexibility index (Phi) is 6.18. The molecule has 0 heterocycles. The smallest absolute Gasteiger partial charge is 0.309 e. The summed E-state index contributed by atoms with van der Waals surface area (Å²) in [7, 11) is 1.38. The number of hydrogen-bond acceptors (Lipinski definition) is 3. The number of carbonyl (C=O) groups is 1. The highest BCUT2D eigenvalue weighted by atomic mass is 16.5. The van der Waals surface area contributed by atoms with Gasteiger partial charge in [-0.1, -0.05) is 6.42 Å². The van der Waals surface area contributed by atoms with E-state index in [1.165, 1.54) is 13.5 Å². The van der Waals surface area contributed by atoms with Gasteiger partial charge in [0.25, 0.3) is 0 Å². The summed E-state index contributed by atoms with van der Waals surface area (Å²) in [6.45, 7) is 0.689. The maximum Gasteiger partial charge on any atom is 0.309 e. The van der Waals surface area contributed by atoms with E-state index < -0.39 is 0 Å². The van der Waals surface area contributed by atoms with Crippen molar-refractivity contribution in [2.45, 2.75) is 19.3 Å². The van der Waals surface area contributed by atoms with Crippen LogP contribution < -0.4 is 5.73 Å². The maximum absolute atomic E-state index is 10.5. The summed E-state index contributed by atoms with van der Waals surface area (Å²) in [6, 6.07) is 0. The number of unbranched alkanes of at least 4 members (excludes halogenated alkanes) is 2. The molecular weight excluding hydrogens is 130 g/mol. The SMILES string of the molecule is COC(=O)[CH]CCCCN. The number of hydrogen-bond donors (Lipinski definition) is 1. The zero-order valence-electron chi connectivity index (χ0n) is 6.30. The molecule has 0 rings (SSSR count). The van der Waals surface area contributed by atoms with Crippen molar-refractivity contribution in [1.82, 2.24) is 0 Å². The fourth-order valence-corrected chi connectivity index (χ4v) is 0.592. The fourth-order valence-electron chi connectivity index (χ4n) is 0.592. The molecule has 59 valence electrons. The third kappa shape index (κ3) is 5.56. The number of rotatable bonds is 5. The zero-order valence-corrected chi connectivity index (χ0v) is 6.30. The minimum absolute atomic E-state index is 0.253. The predicted octanol–water partition coefficient (Wildman–Crippen LogP) is 0.493. The second kappa shape index (κ2) is 6.55. The molecule has 0 saturated heterocycles. The second-order valence-electron chi connectivity index (χ2n) is 2.01. The molecule has 2 N–H and O–H groups in total. The van der Waals surface area contributed by atoms with Crippen molar-refractivity contribution < 1.29 is 9.53 Å². The highest BCUT2D eigenvalue weighted by Crippen LogP contribution is 1.97. The summed E-state index contributed by atoms with van der Waals surface area (Å²) in [5.74, 6) is -0.253. The van der Waals surface area contributed by atoms with E-state index in [1.54, 1.807) is 0 Å². The molecule has 0 aromatic rings. The quantitative estimate of drug-likeness (QED) is 0.451. The summed E-state index contributed by atoms with van der Waals surface area (Å²) in [4.78, 5) is 10.5. The lowest BCUT2D eigenvalue weighted by Gasteiger charge is -1.96. The molecule has 0 fully saturated rings. The third-order valence-electron chi connectivity index (χ3n) is 1.17. The van der Waals surface area contributed by atoms with Gasteiger partial charge in [0, 0.05) is 0 Å². The Bertz CT molecular complexity index is 93.6. The van der Waals surface area contributed by atoms with Crippen molar-refractivity contribution in [2.24, 2.45) is 5.73 Å². The normalized spacial score (nSPS) is 9.40. The van der Waals surface area contributed by atoms with Crippen molar-refractivity contribution in [3.8, 4) is 0 Å². The largest absolute Gasteiger partial charge is 0.469 e. The van der Waals surface area contributed by atoms with Crippen LogP contribution in [0.25, 0.3) is 0 Å². The molecule has 10 heavy (non-hydrogen) atoms. The van der Waals surface area contributed by atoms with E-state index in [2.05, 4.69) is 4.74 Å². The van der Waals surface area contributed by atoms with Crippen LogP contribution in [0.15, 0.2) is 0 Å². The standard InChI is InChI=1S/C7H14NO2/c1-10-7(9)5-3-2-4-6-8/h5H,2-4,6,8H2,1H3. The molecule has 0 aromatic heterocycles. The first-order valence-corrected chi connectivity index (χ1v) is 3.42. The highest BCUT2D eigenvalue weighted by molar-refractivity contribution is 5.78. The van der Waals surface area contributed by atoms with Crippen molar-refractivity contribution in [1.29, 1.82) is 0 Å². The van der Waals surface area contributed by atoms with E-state index in [4.69, 9.17) is 5.73 Å². The molecule has 0 aliphatic rings. The molecule has 0 atom stereocenters. The minimum Gasteiger partial charge on any atom is -0.469 e. The van der Waals surface area contributed by atoms with Crippen LogP contribution in [0.1, 0.15) is 19.3 Å². The van der Waals surface area contributed by atoms with Crippen LogP contribution >= 0.6 is 0 Å². The molecule has 0 spiro atoms. The Morgan fingerprint density at radius 3 is 2.80 bits per heavy atom. The van der Waals surface area contributed by atoms with Crippen LogP contribution in [-0.2, 0) is 9.53 Å². The zero-order chi connectivity index (χ0) is 7.82. The van der Waals surface area contributed by atoms with Crippen LogP contribution in [0.3, 0.4) is 0 Å². The first-order valence-electron chi connectivity index (χ1n) is 3.42. The Morgan fingerprint density at radius 1 is 1.60 bits per heavy atom. The van der Waals surface area contributed by atoms with Gasteiger partial charge in [-0.05, 0) is 19.4 Å². The fraction of sp³-hybridized carbons (Fsp3) is 0.714. The molecule has 0 unspecified atom stereocenters. The van der Waals surface area contributed by atoms with Gasteiger partial charge < -0.3 is 10.5 Å². The average Bonchev–Trinajstić information content (AvgIpc) is 1.98. The summed E-state index contributed by atoms with van der Waals surface area (Å²) in [5.41, 5.74) is 5.25. The summed E-state index contributed by atoms with van der Waals surface area (Å²) in [6.07, 6.45) is 4.23. The lowest BCUT2D eigenvalue weighted by Crippen LogP contribution is -2.02. The summed E-state index contributed by atoms with van der Waals surface area (Å²) < 4.78 is 4.40. The number of nitrogens with two attached hydrogens (primary N) is 1. The lowest BCUT2D eigenvalue weighted by atomic mass is 10.2. The van der Waals surface area contributed by atoms with Crippen LogP contribution in [-0.4, -0.2) is 19.6 Å². The number of ether oxygens (including phenoxy) is 1. The monoisotopic (exact) mass is 144 g/mol. The molecule has 0 amide bonds. The molecule has 0 saturated carbocycles. The van der Waals surface area contributed by atoms with Crippen molar-refractivity contribution in [3.63, 3.8) is 0 Å². The number of esters is 1. The van der Waals surface area contributed by atoms with E-state index in [-0.39, 0.29) is 5.97 Å². The lowest BCUT2D eigenvalue weighted by molar-refractivity contribution is -0.136. The Labute approximate surface area is 61.5 Å². The van der Waals surface area contributed by atoms with E-state index in [9.17, 15) is 4.79 Å². The van der Waals surface area contributed by atoms with Crippen LogP contribution in [0, 0.1) is 6.42 Å². The van der Waals surface area contributed by atoms with Gasteiger partial charge >= 0.3 is 5.97 Å².